The van der Waals surface area contributed by atoms with Crippen molar-refractivity contribution >= 4 is 5.97 Å². The average molecular weight is 285 g/mol. The Morgan fingerprint density at radius 1 is 1.52 bits per heavy atom. The Morgan fingerprint density at radius 3 is 2.76 bits per heavy atom. The van der Waals surface area contributed by atoms with E-state index in [2.05, 4.69) is 10.3 Å². The lowest BCUT2D eigenvalue weighted by Gasteiger charge is -2.26. The number of carbonyl (C=O) groups excluding carboxylic acids is 1. The van der Waals surface area contributed by atoms with Crippen molar-refractivity contribution in [3.05, 3.63) is 52.8 Å². The number of aliphatic hydroxyl groups is 1. The van der Waals surface area contributed by atoms with Crippen LogP contribution in [0.4, 0.5) is 0 Å². The molecule has 1 aromatic heterocycles. The van der Waals surface area contributed by atoms with Crippen LogP contribution >= 0.6 is 0 Å². The summed E-state index contributed by atoms with van der Waals surface area (Å²) in [6, 6.07) is 5.36. The van der Waals surface area contributed by atoms with Gasteiger partial charge in [-0.05, 0) is 31.5 Å². The predicted molar refractivity (Wildman–Crippen MR) is 74.7 cm³/mol. The molecule has 1 atom stereocenters. The molecule has 0 saturated carbocycles. The molecule has 108 valence electrons. The summed E-state index contributed by atoms with van der Waals surface area (Å²) in [7, 11) is 0. The Labute approximate surface area is 122 Å². The third kappa shape index (κ3) is 2.72. The van der Waals surface area contributed by atoms with Crippen LogP contribution in [-0.4, -0.2) is 22.7 Å². The fourth-order valence-corrected chi connectivity index (χ4v) is 2.30. The molecule has 6 nitrogen and oxygen atoms in total. The first-order valence-electron chi connectivity index (χ1n) is 6.48. The number of nitriles is 1. The summed E-state index contributed by atoms with van der Waals surface area (Å²) in [5.74, 6) is -1.42. The second kappa shape index (κ2) is 6.09. The molecule has 0 bridgehead atoms. The van der Waals surface area contributed by atoms with Gasteiger partial charge in [-0.25, -0.2) is 4.79 Å². The van der Waals surface area contributed by atoms with E-state index in [-0.39, 0.29) is 18.1 Å². The van der Waals surface area contributed by atoms with Gasteiger partial charge in [0.05, 0.1) is 18.1 Å². The Hall–Kier alpha value is -2.81. The molecule has 21 heavy (non-hydrogen) atoms. The third-order valence-electron chi connectivity index (χ3n) is 3.20. The van der Waals surface area contributed by atoms with Gasteiger partial charge in [-0.3, -0.25) is 4.98 Å². The molecule has 0 fully saturated rings. The van der Waals surface area contributed by atoms with Crippen molar-refractivity contribution in [1.82, 2.24) is 10.3 Å². The summed E-state index contributed by atoms with van der Waals surface area (Å²) < 4.78 is 5.07. The standard InChI is InChI=1S/C15H15N3O3/c1-3-21-15(20)12-9(2)18-14(19)11(8-16)13(12)10-4-6-17-7-5-10/h4-7,13,18-19H,3H2,1-2H3/t13-/m0/s1. The number of hydrogen-bond donors (Lipinski definition) is 2. The van der Waals surface area contributed by atoms with Crippen LogP contribution in [0.5, 0.6) is 0 Å². The highest BCUT2D eigenvalue weighted by molar-refractivity contribution is 5.92. The number of rotatable bonds is 3. The maximum Gasteiger partial charge on any atom is 0.336 e. The molecule has 1 aliphatic heterocycles. The summed E-state index contributed by atoms with van der Waals surface area (Å²) in [6.07, 6.45) is 3.14. The van der Waals surface area contributed by atoms with Crippen LogP contribution in [0.25, 0.3) is 0 Å². The minimum absolute atomic E-state index is 0.0786. The molecule has 2 heterocycles. The van der Waals surface area contributed by atoms with Crippen LogP contribution in [0.1, 0.15) is 25.3 Å². The van der Waals surface area contributed by atoms with Crippen LogP contribution in [0, 0.1) is 11.3 Å². The van der Waals surface area contributed by atoms with Gasteiger partial charge >= 0.3 is 5.97 Å². The van der Waals surface area contributed by atoms with Crippen molar-refractivity contribution in [1.29, 1.82) is 5.26 Å². The van der Waals surface area contributed by atoms with E-state index in [0.29, 0.717) is 16.8 Å². The van der Waals surface area contributed by atoms with Gasteiger partial charge in [0.2, 0.25) is 5.88 Å². The van der Waals surface area contributed by atoms with Crippen molar-refractivity contribution in [2.75, 3.05) is 6.61 Å². The number of carbonyl (C=O) groups is 1. The molecule has 0 aromatic carbocycles. The molecule has 0 radical (unpaired) electrons. The molecule has 1 aromatic rings. The number of esters is 1. The largest absolute Gasteiger partial charge is 0.494 e. The molecular weight excluding hydrogens is 270 g/mol. The van der Waals surface area contributed by atoms with Gasteiger partial charge < -0.3 is 15.2 Å². The molecule has 0 spiro atoms. The van der Waals surface area contributed by atoms with E-state index >= 15 is 0 Å². The number of nitrogens with one attached hydrogen (secondary N) is 1. The van der Waals surface area contributed by atoms with E-state index in [1.165, 1.54) is 0 Å². The van der Waals surface area contributed by atoms with E-state index in [1.807, 2.05) is 6.07 Å². The Morgan fingerprint density at radius 2 is 2.19 bits per heavy atom. The molecule has 0 saturated heterocycles. The van der Waals surface area contributed by atoms with Crippen molar-refractivity contribution in [3.8, 4) is 6.07 Å². The first kappa shape index (κ1) is 14.6. The molecule has 6 heteroatoms. The summed E-state index contributed by atoms with van der Waals surface area (Å²) in [5.41, 5.74) is 1.55. The van der Waals surface area contributed by atoms with Crippen LogP contribution in [0.15, 0.2) is 47.3 Å². The SMILES string of the molecule is CCOC(=O)C1=C(C)NC(O)=C(C#N)[C@@H]1c1ccncc1. The maximum absolute atomic E-state index is 12.2. The van der Waals surface area contributed by atoms with E-state index in [1.54, 1.807) is 38.4 Å². The second-order valence-corrected chi connectivity index (χ2v) is 4.47. The zero-order valence-corrected chi connectivity index (χ0v) is 11.8. The zero-order chi connectivity index (χ0) is 15.4. The summed E-state index contributed by atoms with van der Waals surface area (Å²) in [6.45, 7) is 3.60. The number of dihydropyridines is 1. The van der Waals surface area contributed by atoms with Gasteiger partial charge in [-0.15, -0.1) is 0 Å². The minimum Gasteiger partial charge on any atom is -0.494 e. The fraction of sp³-hybridized carbons (Fsp3) is 0.267. The fourth-order valence-electron chi connectivity index (χ4n) is 2.30. The summed E-state index contributed by atoms with van der Waals surface area (Å²) in [4.78, 5) is 16.1. The highest BCUT2D eigenvalue weighted by atomic mass is 16.5. The van der Waals surface area contributed by atoms with E-state index in [9.17, 15) is 15.2 Å². The Bertz CT molecular complexity index is 656. The third-order valence-corrected chi connectivity index (χ3v) is 3.20. The average Bonchev–Trinajstić information content (AvgIpc) is 2.47. The molecule has 2 N–H and O–H groups in total. The normalized spacial score (nSPS) is 18.0. The lowest BCUT2D eigenvalue weighted by Crippen LogP contribution is -2.29. The second-order valence-electron chi connectivity index (χ2n) is 4.47. The van der Waals surface area contributed by atoms with E-state index in [0.717, 1.165) is 0 Å². The number of ether oxygens (including phenoxy) is 1. The maximum atomic E-state index is 12.2. The molecule has 0 aliphatic carbocycles. The van der Waals surface area contributed by atoms with Gasteiger partial charge in [-0.2, -0.15) is 5.26 Å². The number of aromatic nitrogens is 1. The predicted octanol–water partition coefficient (Wildman–Crippen LogP) is 1.90. The van der Waals surface area contributed by atoms with E-state index in [4.69, 9.17) is 4.74 Å². The number of pyridine rings is 1. The quantitative estimate of drug-likeness (QED) is 0.823. The van der Waals surface area contributed by atoms with Crippen molar-refractivity contribution in [2.24, 2.45) is 0 Å². The molecule has 1 aliphatic rings. The van der Waals surface area contributed by atoms with Gasteiger partial charge in [0.15, 0.2) is 0 Å². The van der Waals surface area contributed by atoms with Gasteiger partial charge in [0, 0.05) is 18.1 Å². The molecular formula is C15H15N3O3. The van der Waals surface area contributed by atoms with Gasteiger partial charge in [-0.1, -0.05) is 0 Å². The Balaban J connectivity index is 2.58. The number of nitrogens with zero attached hydrogens (tertiary/aromatic N) is 2. The van der Waals surface area contributed by atoms with Crippen LogP contribution in [0.3, 0.4) is 0 Å². The van der Waals surface area contributed by atoms with Gasteiger partial charge in [0.25, 0.3) is 0 Å². The smallest absolute Gasteiger partial charge is 0.336 e. The van der Waals surface area contributed by atoms with Gasteiger partial charge in [0.1, 0.15) is 11.6 Å². The first-order chi connectivity index (χ1) is 10.1. The Kier molecular flexibility index (Phi) is 4.24. The summed E-state index contributed by atoms with van der Waals surface area (Å²) >= 11 is 0. The minimum atomic E-state index is -0.668. The molecule has 2 rings (SSSR count). The van der Waals surface area contributed by atoms with Crippen molar-refractivity contribution in [2.45, 2.75) is 19.8 Å². The number of aliphatic hydroxyl groups excluding tert-OH is 1. The zero-order valence-electron chi connectivity index (χ0n) is 11.8. The summed E-state index contributed by atoms with van der Waals surface area (Å²) in [5, 5.41) is 21.9. The topological polar surface area (TPSA) is 95.2 Å². The van der Waals surface area contributed by atoms with Crippen molar-refractivity contribution < 1.29 is 14.6 Å². The van der Waals surface area contributed by atoms with Crippen molar-refractivity contribution in [3.63, 3.8) is 0 Å². The van der Waals surface area contributed by atoms with E-state index < -0.39 is 11.9 Å². The number of allylic oxidation sites excluding steroid dienone is 2. The molecule has 0 unspecified atom stereocenters. The lowest BCUT2D eigenvalue weighted by atomic mass is 9.82. The van der Waals surface area contributed by atoms with Crippen LogP contribution < -0.4 is 5.32 Å². The van der Waals surface area contributed by atoms with Crippen LogP contribution in [0.2, 0.25) is 0 Å². The number of hydrogen-bond acceptors (Lipinski definition) is 6. The first-order valence-corrected chi connectivity index (χ1v) is 6.48. The molecule has 0 amide bonds. The highest BCUT2D eigenvalue weighted by Gasteiger charge is 2.35. The monoisotopic (exact) mass is 285 g/mol. The lowest BCUT2D eigenvalue weighted by molar-refractivity contribution is -0.138. The highest BCUT2D eigenvalue weighted by Crippen LogP contribution is 2.37. The van der Waals surface area contributed by atoms with Crippen LogP contribution in [-0.2, 0) is 9.53 Å².